The van der Waals surface area contributed by atoms with E-state index in [9.17, 15) is 39.9 Å². The van der Waals surface area contributed by atoms with Gasteiger partial charge in [-0.1, -0.05) is 12.1 Å². The second-order valence-corrected chi connectivity index (χ2v) is 8.67. The van der Waals surface area contributed by atoms with E-state index in [1.54, 1.807) is 28.8 Å². The van der Waals surface area contributed by atoms with Crippen LogP contribution in [0.25, 0.3) is 5.52 Å². The largest absolute Gasteiger partial charge is 0.542 e. The average Bonchev–Trinajstić information content (AvgIpc) is 3.22. The lowest BCUT2D eigenvalue weighted by Gasteiger charge is -2.27. The molecule has 0 aromatic carbocycles. The van der Waals surface area contributed by atoms with Crippen molar-refractivity contribution in [3.63, 3.8) is 0 Å². The topological polar surface area (TPSA) is 106 Å². The molecule has 1 amide bonds. The fourth-order valence-corrected chi connectivity index (χ4v) is 3.91. The summed E-state index contributed by atoms with van der Waals surface area (Å²) < 4.78 is 101. The van der Waals surface area contributed by atoms with Crippen molar-refractivity contribution in [1.29, 1.82) is 0 Å². The number of carbonyl (C=O) groups is 2. The van der Waals surface area contributed by atoms with Gasteiger partial charge in [-0.15, -0.1) is 0 Å². The smallest absolute Gasteiger partial charge is 0.430 e. The molecule has 4 rings (SSSR count). The minimum Gasteiger partial charge on any atom is -0.542 e. The van der Waals surface area contributed by atoms with Crippen molar-refractivity contribution in [2.45, 2.75) is 43.7 Å². The summed E-state index contributed by atoms with van der Waals surface area (Å²) >= 11 is 0. The van der Waals surface area contributed by atoms with Crippen LogP contribution in [-0.4, -0.2) is 53.2 Å². The number of fused-ring (bicyclic) bond motifs is 1. The first kappa shape index (κ1) is 29.7. The number of aliphatic carboxylic acids is 1. The highest BCUT2D eigenvalue weighted by Gasteiger charge is 2.44. The van der Waals surface area contributed by atoms with Gasteiger partial charge in [0.15, 0.2) is 18.1 Å². The number of nitrogens with zero attached hydrogens (tertiary/aromatic N) is 2. The number of carboxylic acids is 1. The van der Waals surface area contributed by atoms with Gasteiger partial charge in [0.1, 0.15) is 5.97 Å². The molecular weight excluding hydrogens is 546 g/mol. The number of imidazole rings is 1. The summed E-state index contributed by atoms with van der Waals surface area (Å²) in [4.78, 5) is 29.2. The molecule has 0 spiro atoms. The predicted octanol–water partition coefficient (Wildman–Crippen LogP) is 1.29. The minimum atomic E-state index is -5.19. The number of quaternary nitrogens is 1. The van der Waals surface area contributed by atoms with Crippen molar-refractivity contribution < 1.29 is 59.1 Å². The Balaban J connectivity index is 0.000000532. The summed E-state index contributed by atoms with van der Waals surface area (Å²) in [6.07, 6.45) is -7.49. The number of likely N-dealkylation sites (tertiary alicyclic amines) is 1. The third kappa shape index (κ3) is 7.84. The zero-order valence-corrected chi connectivity index (χ0v) is 19.9. The first-order valence-corrected chi connectivity index (χ1v) is 11.4. The van der Waals surface area contributed by atoms with Crippen LogP contribution in [0.3, 0.4) is 0 Å². The van der Waals surface area contributed by atoms with Crippen LogP contribution in [0.4, 0.5) is 35.1 Å². The van der Waals surface area contributed by atoms with Gasteiger partial charge in [-0.3, -0.25) is 9.78 Å². The van der Waals surface area contributed by atoms with Crippen LogP contribution in [0.15, 0.2) is 48.8 Å². The number of amides is 1. The molecule has 212 valence electrons. The molecule has 16 heteroatoms. The van der Waals surface area contributed by atoms with Gasteiger partial charge in [-0.2, -0.15) is 30.7 Å². The fourth-order valence-electron chi connectivity index (χ4n) is 3.91. The number of halogens is 8. The molecule has 3 aromatic rings. The van der Waals surface area contributed by atoms with E-state index in [2.05, 4.69) is 9.97 Å². The molecule has 1 atom stereocenters. The quantitative estimate of drug-likeness (QED) is 0.319. The number of aromatic amines is 1. The lowest BCUT2D eigenvalue weighted by Crippen LogP contribution is -3.12. The third-order valence-electron chi connectivity index (χ3n) is 5.83. The summed E-state index contributed by atoms with van der Waals surface area (Å²) in [5, 5.41) is 10.8. The summed E-state index contributed by atoms with van der Waals surface area (Å²) in [6.45, 7) is 0.855. The number of rotatable bonds is 5. The van der Waals surface area contributed by atoms with Crippen LogP contribution in [0.1, 0.15) is 40.9 Å². The molecule has 39 heavy (non-hydrogen) atoms. The molecule has 0 aliphatic carbocycles. The fraction of sp³-hybridized carbons (Fsp3) is 0.391. The van der Waals surface area contributed by atoms with Crippen molar-refractivity contribution in [3.05, 3.63) is 66.0 Å². The maximum Gasteiger partial charge on any atom is 0.430 e. The number of hydrogen-bond donors (Lipinski definition) is 3. The van der Waals surface area contributed by atoms with Gasteiger partial charge in [-0.25, -0.2) is 13.8 Å². The SMILES string of the molecule is O=C(NC(c1ccccn1)C(F)(F)F)c1[nH]c(C[NH+]2CCC(F)(F)CC2)[n+]2ccccc12.O=C([O-])C(F)(F)F. The lowest BCUT2D eigenvalue weighted by atomic mass is 10.1. The molecule has 4 heterocycles. The number of nitrogens with one attached hydrogen (secondary N) is 3. The molecule has 0 radical (unpaired) electrons. The zero-order valence-electron chi connectivity index (χ0n) is 19.9. The number of alkyl halides is 8. The van der Waals surface area contributed by atoms with E-state index < -0.39 is 36.2 Å². The van der Waals surface area contributed by atoms with Gasteiger partial charge >= 0.3 is 18.2 Å². The first-order valence-electron chi connectivity index (χ1n) is 11.4. The minimum absolute atomic E-state index is 0.0347. The van der Waals surface area contributed by atoms with E-state index in [0.29, 0.717) is 17.9 Å². The van der Waals surface area contributed by atoms with E-state index in [-0.39, 0.29) is 37.3 Å². The van der Waals surface area contributed by atoms with Crippen LogP contribution in [0.2, 0.25) is 0 Å². The molecule has 1 aliphatic heterocycles. The molecule has 0 bridgehead atoms. The van der Waals surface area contributed by atoms with Crippen molar-refractivity contribution in [2.24, 2.45) is 0 Å². The molecule has 8 nitrogen and oxygen atoms in total. The van der Waals surface area contributed by atoms with Crippen LogP contribution in [0, 0.1) is 0 Å². The standard InChI is InChI=1S/C21H20F5N5O.C2HF3O2/c22-20(23)7-11-30(12-8-20)13-16-28-17(15-6-2-4-10-31(15)16)19(32)29-18(21(24,25)26)14-5-1-3-9-27-14;3-2(4,5)1(6)7/h1-6,9-10,18H,7-8,11-13H2,(H,29,32);(H,6,7)/p+1. The third-order valence-corrected chi connectivity index (χ3v) is 5.83. The van der Waals surface area contributed by atoms with Gasteiger partial charge < -0.3 is 20.1 Å². The molecule has 3 aromatic heterocycles. The van der Waals surface area contributed by atoms with Crippen molar-refractivity contribution in [1.82, 2.24) is 15.3 Å². The highest BCUT2D eigenvalue weighted by Crippen LogP contribution is 2.32. The first-order chi connectivity index (χ1) is 18.1. The number of hydrogen-bond acceptors (Lipinski definition) is 4. The molecular formula is C23H22F8N5O3+. The highest BCUT2D eigenvalue weighted by atomic mass is 19.4. The summed E-state index contributed by atoms with van der Waals surface area (Å²) in [5.41, 5.74) is 0.0342. The number of piperidine rings is 1. The Morgan fingerprint density at radius 3 is 2.23 bits per heavy atom. The Labute approximate surface area is 215 Å². The van der Waals surface area contributed by atoms with Crippen molar-refractivity contribution >= 4 is 17.4 Å². The van der Waals surface area contributed by atoms with E-state index >= 15 is 0 Å². The average molecular weight is 568 g/mol. The van der Waals surface area contributed by atoms with Gasteiger partial charge in [0.05, 0.1) is 37.8 Å². The highest BCUT2D eigenvalue weighted by molar-refractivity contribution is 5.98. The number of carboxylic acid groups (broad SMARTS) is 1. The predicted molar refractivity (Wildman–Crippen MR) is 114 cm³/mol. The number of aromatic nitrogens is 3. The molecule has 1 saturated heterocycles. The monoisotopic (exact) mass is 568 g/mol. The zero-order chi connectivity index (χ0) is 29.0. The second-order valence-electron chi connectivity index (χ2n) is 8.67. The Morgan fingerprint density at radius 1 is 1.08 bits per heavy atom. The molecule has 3 N–H and O–H groups in total. The number of carbonyl (C=O) groups excluding carboxylic acids is 2. The Bertz CT molecular complexity index is 1280. The van der Waals surface area contributed by atoms with Crippen LogP contribution >= 0.6 is 0 Å². The van der Waals surface area contributed by atoms with E-state index in [1.165, 1.54) is 24.4 Å². The Morgan fingerprint density at radius 2 is 1.69 bits per heavy atom. The van der Waals surface area contributed by atoms with E-state index in [0.717, 1.165) is 4.90 Å². The Hall–Kier alpha value is -3.82. The molecule has 1 unspecified atom stereocenters. The molecule has 1 fully saturated rings. The maximum absolute atomic E-state index is 13.6. The van der Waals surface area contributed by atoms with Gasteiger partial charge in [0.2, 0.25) is 5.69 Å². The summed E-state index contributed by atoms with van der Waals surface area (Å²) in [6, 6.07) is 6.81. The maximum atomic E-state index is 13.6. The van der Waals surface area contributed by atoms with E-state index in [1.807, 2.05) is 5.32 Å². The normalized spacial score (nSPS) is 16.7. The van der Waals surface area contributed by atoms with Gasteiger partial charge in [-0.05, 0) is 24.3 Å². The molecule has 0 saturated carbocycles. The van der Waals surface area contributed by atoms with E-state index in [4.69, 9.17) is 9.90 Å². The summed E-state index contributed by atoms with van der Waals surface area (Å²) in [5.74, 6) is -6.06. The molecule has 1 aliphatic rings. The van der Waals surface area contributed by atoms with Crippen LogP contribution in [0.5, 0.6) is 0 Å². The Kier molecular flexibility index (Phi) is 8.77. The van der Waals surface area contributed by atoms with Crippen LogP contribution in [-0.2, 0) is 11.3 Å². The van der Waals surface area contributed by atoms with Crippen molar-refractivity contribution in [2.75, 3.05) is 13.1 Å². The van der Waals surface area contributed by atoms with Gasteiger partial charge in [0, 0.05) is 6.20 Å². The van der Waals surface area contributed by atoms with Gasteiger partial charge in [0.25, 0.3) is 11.8 Å². The number of pyridine rings is 2. The lowest BCUT2D eigenvalue weighted by molar-refractivity contribution is -0.927. The number of H-pyrrole nitrogens is 1. The summed E-state index contributed by atoms with van der Waals surface area (Å²) in [7, 11) is 0. The van der Waals surface area contributed by atoms with Crippen molar-refractivity contribution in [3.8, 4) is 0 Å². The van der Waals surface area contributed by atoms with Crippen LogP contribution < -0.4 is 19.7 Å². The second kappa shape index (κ2) is 11.5.